The van der Waals surface area contributed by atoms with Gasteiger partial charge in [-0.15, -0.1) is 0 Å². The lowest BCUT2D eigenvalue weighted by Gasteiger charge is -2.31. The van der Waals surface area contributed by atoms with Crippen LogP contribution in [0, 0.1) is 12.8 Å². The number of amides is 2. The molecule has 0 spiro atoms. The Kier molecular flexibility index (Phi) is 6.49. The van der Waals surface area contributed by atoms with E-state index in [1.165, 1.54) is 16.4 Å². The number of rotatable bonds is 4. The number of aryl methyl sites for hydroxylation is 1. The van der Waals surface area contributed by atoms with E-state index in [4.69, 9.17) is 16.3 Å². The predicted molar refractivity (Wildman–Crippen MR) is 125 cm³/mol. The summed E-state index contributed by atoms with van der Waals surface area (Å²) < 4.78 is 33.8. The highest BCUT2D eigenvalue weighted by molar-refractivity contribution is 9.10. The SMILES string of the molecule is Cc1ccc(NC(=O)C2CCN(S(=O)(=O)c3cc4c(cc3Cl)NC(=O)CO4)CC2)c(Br)c1. The Morgan fingerprint density at radius 3 is 2.66 bits per heavy atom. The van der Waals surface area contributed by atoms with Gasteiger partial charge in [0, 0.05) is 29.5 Å². The molecule has 4 rings (SSSR count). The number of piperidine rings is 1. The molecule has 11 heteroatoms. The molecule has 0 saturated carbocycles. The first kappa shape index (κ1) is 23.0. The van der Waals surface area contributed by atoms with Crippen LogP contribution in [0.15, 0.2) is 39.7 Å². The maximum absolute atomic E-state index is 13.2. The molecule has 1 saturated heterocycles. The lowest BCUT2D eigenvalue weighted by atomic mass is 9.97. The molecule has 0 bridgehead atoms. The highest BCUT2D eigenvalue weighted by Gasteiger charge is 2.34. The van der Waals surface area contributed by atoms with E-state index in [0.717, 1.165) is 10.0 Å². The van der Waals surface area contributed by atoms with Crippen LogP contribution >= 0.6 is 27.5 Å². The summed E-state index contributed by atoms with van der Waals surface area (Å²) in [6.07, 6.45) is 0.785. The van der Waals surface area contributed by atoms with Gasteiger partial charge in [0.15, 0.2) is 6.61 Å². The third-order valence-electron chi connectivity index (χ3n) is 5.49. The van der Waals surface area contributed by atoms with Gasteiger partial charge in [0.05, 0.1) is 16.4 Å². The van der Waals surface area contributed by atoms with Crippen molar-refractivity contribution in [1.29, 1.82) is 0 Å². The molecule has 170 valence electrons. The summed E-state index contributed by atoms with van der Waals surface area (Å²) in [7, 11) is -3.89. The summed E-state index contributed by atoms with van der Waals surface area (Å²) in [4.78, 5) is 24.1. The molecule has 2 aromatic carbocycles. The van der Waals surface area contributed by atoms with Crippen LogP contribution in [-0.4, -0.2) is 44.2 Å². The third kappa shape index (κ3) is 4.63. The van der Waals surface area contributed by atoms with Crippen LogP contribution in [0.25, 0.3) is 0 Å². The fourth-order valence-corrected chi connectivity index (χ4v) is 6.31. The molecule has 1 fully saturated rings. The van der Waals surface area contributed by atoms with Crippen molar-refractivity contribution in [3.8, 4) is 5.75 Å². The quantitative estimate of drug-likeness (QED) is 0.612. The number of anilines is 2. The van der Waals surface area contributed by atoms with E-state index < -0.39 is 10.0 Å². The number of sulfonamides is 1. The summed E-state index contributed by atoms with van der Waals surface area (Å²) in [6.45, 7) is 2.16. The topological polar surface area (TPSA) is 105 Å². The van der Waals surface area contributed by atoms with E-state index in [0.29, 0.717) is 24.2 Å². The van der Waals surface area contributed by atoms with E-state index in [1.54, 1.807) is 0 Å². The summed E-state index contributed by atoms with van der Waals surface area (Å²) in [5.74, 6) is -0.512. The molecule has 0 aromatic heterocycles. The van der Waals surface area contributed by atoms with Gasteiger partial charge in [-0.05, 0) is 59.5 Å². The first-order valence-electron chi connectivity index (χ1n) is 9.98. The van der Waals surface area contributed by atoms with Crippen molar-refractivity contribution in [3.05, 3.63) is 45.4 Å². The first-order valence-corrected chi connectivity index (χ1v) is 12.6. The van der Waals surface area contributed by atoms with Gasteiger partial charge >= 0.3 is 0 Å². The van der Waals surface area contributed by atoms with Crippen molar-refractivity contribution < 1.29 is 22.7 Å². The molecule has 2 heterocycles. The van der Waals surface area contributed by atoms with E-state index in [9.17, 15) is 18.0 Å². The number of carbonyl (C=O) groups excluding carboxylic acids is 2. The fourth-order valence-electron chi connectivity index (χ4n) is 3.73. The summed E-state index contributed by atoms with van der Waals surface area (Å²) in [5.41, 5.74) is 2.09. The number of hydrogen-bond acceptors (Lipinski definition) is 5. The van der Waals surface area contributed by atoms with Crippen molar-refractivity contribution in [2.75, 3.05) is 30.3 Å². The number of nitrogens with zero attached hydrogens (tertiary/aromatic N) is 1. The van der Waals surface area contributed by atoms with Crippen molar-refractivity contribution >= 4 is 60.7 Å². The van der Waals surface area contributed by atoms with Crippen LogP contribution < -0.4 is 15.4 Å². The number of nitrogens with one attached hydrogen (secondary N) is 2. The molecule has 2 N–H and O–H groups in total. The second-order valence-electron chi connectivity index (χ2n) is 7.77. The van der Waals surface area contributed by atoms with Crippen LogP contribution in [0.2, 0.25) is 5.02 Å². The molecule has 2 aliphatic heterocycles. The van der Waals surface area contributed by atoms with Crippen molar-refractivity contribution in [2.24, 2.45) is 5.92 Å². The van der Waals surface area contributed by atoms with Crippen LogP contribution in [-0.2, 0) is 19.6 Å². The summed E-state index contributed by atoms with van der Waals surface area (Å²) in [5, 5.41) is 5.51. The number of fused-ring (bicyclic) bond motifs is 1. The van der Waals surface area contributed by atoms with Crippen LogP contribution in [0.3, 0.4) is 0 Å². The number of carbonyl (C=O) groups is 2. The minimum atomic E-state index is -3.89. The fraction of sp³-hybridized carbons (Fsp3) is 0.333. The van der Waals surface area contributed by atoms with E-state index in [-0.39, 0.29) is 53.1 Å². The van der Waals surface area contributed by atoms with Crippen molar-refractivity contribution in [2.45, 2.75) is 24.7 Å². The minimum Gasteiger partial charge on any atom is -0.482 e. The van der Waals surface area contributed by atoms with Gasteiger partial charge in [-0.1, -0.05) is 17.7 Å². The largest absolute Gasteiger partial charge is 0.482 e. The maximum atomic E-state index is 13.2. The second-order valence-corrected chi connectivity index (χ2v) is 10.9. The first-order chi connectivity index (χ1) is 15.1. The zero-order valence-corrected chi connectivity index (χ0v) is 20.3. The predicted octanol–water partition coefficient (Wildman–Crippen LogP) is 3.78. The van der Waals surface area contributed by atoms with E-state index in [1.807, 2.05) is 25.1 Å². The van der Waals surface area contributed by atoms with Gasteiger partial charge < -0.3 is 15.4 Å². The van der Waals surface area contributed by atoms with Gasteiger partial charge in [0.2, 0.25) is 15.9 Å². The monoisotopic (exact) mass is 541 g/mol. The molecule has 8 nitrogen and oxygen atoms in total. The van der Waals surface area contributed by atoms with Crippen LogP contribution in [0.1, 0.15) is 18.4 Å². The van der Waals surface area contributed by atoms with E-state index in [2.05, 4.69) is 26.6 Å². The number of benzene rings is 2. The number of hydrogen-bond donors (Lipinski definition) is 2. The lowest BCUT2D eigenvalue weighted by Crippen LogP contribution is -2.41. The highest BCUT2D eigenvalue weighted by Crippen LogP contribution is 2.37. The summed E-state index contributed by atoms with van der Waals surface area (Å²) in [6, 6.07) is 8.37. The van der Waals surface area contributed by atoms with Crippen LogP contribution in [0.5, 0.6) is 5.75 Å². The molecule has 2 aliphatic rings. The molecule has 0 aliphatic carbocycles. The maximum Gasteiger partial charge on any atom is 0.262 e. The third-order valence-corrected chi connectivity index (χ3v) is 8.51. The van der Waals surface area contributed by atoms with E-state index >= 15 is 0 Å². The molecule has 0 unspecified atom stereocenters. The van der Waals surface area contributed by atoms with Gasteiger partial charge in [-0.3, -0.25) is 9.59 Å². The Morgan fingerprint density at radius 1 is 1.25 bits per heavy atom. The zero-order chi connectivity index (χ0) is 23.0. The standard InChI is InChI=1S/C21H21BrClN3O5S/c1-12-2-3-16(14(22)8-12)25-21(28)13-4-6-26(7-5-13)32(29,30)19-10-18-17(9-15(19)23)24-20(27)11-31-18/h2-3,8-10,13H,4-7,11H2,1H3,(H,24,27)(H,25,28). The molecule has 0 radical (unpaired) electrons. The second kappa shape index (κ2) is 9.01. The Labute approximate surface area is 199 Å². The van der Waals surface area contributed by atoms with Gasteiger partial charge in [-0.2, -0.15) is 4.31 Å². The Bertz CT molecular complexity index is 1200. The molecule has 2 aromatic rings. The minimum absolute atomic E-state index is 0.00126. The average Bonchev–Trinajstić information content (AvgIpc) is 2.75. The molecular weight excluding hydrogens is 522 g/mol. The Balaban J connectivity index is 1.44. The van der Waals surface area contributed by atoms with Crippen LogP contribution in [0.4, 0.5) is 11.4 Å². The molecule has 2 amide bonds. The summed E-state index contributed by atoms with van der Waals surface area (Å²) >= 11 is 9.68. The zero-order valence-electron chi connectivity index (χ0n) is 17.2. The molecule has 0 atom stereocenters. The van der Waals surface area contributed by atoms with Gasteiger partial charge in [0.25, 0.3) is 5.91 Å². The Hall–Kier alpha value is -2.14. The van der Waals surface area contributed by atoms with Crippen molar-refractivity contribution in [3.63, 3.8) is 0 Å². The lowest BCUT2D eigenvalue weighted by molar-refractivity contribution is -0.121. The molecular formula is C21H21BrClN3O5S. The smallest absolute Gasteiger partial charge is 0.262 e. The van der Waals surface area contributed by atoms with Gasteiger partial charge in [-0.25, -0.2) is 8.42 Å². The highest BCUT2D eigenvalue weighted by atomic mass is 79.9. The van der Waals surface area contributed by atoms with Crippen molar-refractivity contribution in [1.82, 2.24) is 4.31 Å². The number of halogens is 2. The number of ether oxygens (including phenoxy) is 1. The average molecular weight is 543 g/mol. The molecule has 32 heavy (non-hydrogen) atoms. The Morgan fingerprint density at radius 2 is 1.97 bits per heavy atom. The van der Waals surface area contributed by atoms with Gasteiger partial charge in [0.1, 0.15) is 10.6 Å². The normalized spacial score (nSPS) is 17.3.